The molecule has 2 heterocycles. The normalized spacial score (nSPS) is 16.9. The third-order valence-electron chi connectivity index (χ3n) is 9.87. The maximum Gasteiger partial charge on any atom is 0.327 e. The minimum Gasteiger partial charge on any atom is -0.381 e. The molecule has 0 aromatic rings. The number of likely N-dealkylation sites (N-methyl/N-ethyl adjacent to an activating group) is 2. The van der Waals surface area contributed by atoms with Crippen LogP contribution >= 0.6 is 0 Å². The summed E-state index contributed by atoms with van der Waals surface area (Å²) in [6.07, 6.45) is 11.0. The summed E-state index contributed by atoms with van der Waals surface area (Å²) in [5.74, 6) is -0.143. The van der Waals surface area contributed by atoms with Crippen LogP contribution in [0.1, 0.15) is 112 Å². The van der Waals surface area contributed by atoms with Crippen molar-refractivity contribution in [3.8, 4) is 0 Å². The first-order chi connectivity index (χ1) is 19.1. The van der Waals surface area contributed by atoms with Crippen molar-refractivity contribution < 1.29 is 23.9 Å². The highest BCUT2D eigenvalue weighted by Gasteiger charge is 2.40. The SMILES string of the molecule is CCN1CC(=O)N(CCC(CC)(CC)CCCCOCCCCC(CC)(CC)CN2C(=O)CN(CC)C2=O)C1=O. The summed E-state index contributed by atoms with van der Waals surface area (Å²) in [4.78, 5) is 55.9. The Hall–Kier alpha value is -2.16. The van der Waals surface area contributed by atoms with E-state index in [1.165, 1.54) is 9.80 Å². The van der Waals surface area contributed by atoms with Gasteiger partial charge in [-0.2, -0.15) is 0 Å². The molecule has 0 unspecified atom stereocenters. The molecule has 0 saturated carbocycles. The number of rotatable bonds is 21. The van der Waals surface area contributed by atoms with Crippen molar-refractivity contribution in [3.63, 3.8) is 0 Å². The van der Waals surface area contributed by atoms with Gasteiger partial charge in [0.05, 0.1) is 0 Å². The quantitative estimate of drug-likeness (QED) is 0.128. The van der Waals surface area contributed by atoms with Crippen LogP contribution in [0.3, 0.4) is 0 Å². The summed E-state index contributed by atoms with van der Waals surface area (Å²) in [6, 6.07) is -0.281. The van der Waals surface area contributed by atoms with Gasteiger partial charge in [-0.05, 0) is 69.6 Å². The lowest BCUT2D eigenvalue weighted by atomic mass is 9.75. The summed E-state index contributed by atoms with van der Waals surface area (Å²) in [5, 5.41) is 0. The van der Waals surface area contributed by atoms with Crippen LogP contribution in [0.15, 0.2) is 0 Å². The molecule has 0 radical (unpaired) electrons. The number of hydrogen-bond donors (Lipinski definition) is 0. The molecule has 0 aromatic carbocycles. The summed E-state index contributed by atoms with van der Waals surface area (Å²) in [6.45, 7) is 16.6. The number of ether oxygens (including phenoxy) is 1. The maximum atomic E-state index is 12.6. The van der Waals surface area contributed by atoms with Crippen LogP contribution in [0.2, 0.25) is 0 Å². The minimum absolute atomic E-state index is 0.0299. The Labute approximate surface area is 242 Å². The standard InChI is InChI=1S/C31H56N4O5/c1-7-30(8-2,19-20-34-26(36)23-32(11-5)28(34)38)17-13-15-21-40-22-16-14-18-31(9-3,10-4)25-35-27(37)24-33(12-6)29(35)39/h7-25H2,1-6H3. The summed E-state index contributed by atoms with van der Waals surface area (Å²) in [5.41, 5.74) is 0.119. The van der Waals surface area contributed by atoms with Gasteiger partial charge in [-0.3, -0.25) is 19.4 Å². The number of unbranched alkanes of at least 4 members (excludes halogenated alkanes) is 2. The number of amides is 6. The Kier molecular flexibility index (Phi) is 13.9. The number of carbonyl (C=O) groups is 4. The molecule has 0 atom stereocenters. The van der Waals surface area contributed by atoms with Crippen molar-refractivity contribution in [3.05, 3.63) is 0 Å². The molecule has 0 aromatic heterocycles. The van der Waals surface area contributed by atoms with Crippen molar-refractivity contribution >= 4 is 23.9 Å². The van der Waals surface area contributed by atoms with Crippen molar-refractivity contribution in [2.24, 2.45) is 10.8 Å². The highest BCUT2D eigenvalue weighted by Crippen LogP contribution is 2.37. The molecule has 230 valence electrons. The highest BCUT2D eigenvalue weighted by atomic mass is 16.5. The molecule has 2 saturated heterocycles. The molecule has 0 aliphatic carbocycles. The number of carbonyl (C=O) groups excluding carboxylic acids is 4. The number of urea groups is 2. The van der Waals surface area contributed by atoms with Crippen LogP contribution in [0.4, 0.5) is 9.59 Å². The summed E-state index contributed by atoms with van der Waals surface area (Å²) >= 11 is 0. The lowest BCUT2D eigenvalue weighted by Crippen LogP contribution is -2.41. The van der Waals surface area contributed by atoms with Gasteiger partial charge in [0.25, 0.3) is 0 Å². The van der Waals surface area contributed by atoms with E-state index in [4.69, 9.17) is 4.74 Å². The van der Waals surface area contributed by atoms with E-state index in [1.807, 2.05) is 13.8 Å². The van der Waals surface area contributed by atoms with Crippen LogP contribution in [0, 0.1) is 10.8 Å². The molecule has 0 N–H and O–H groups in total. The van der Waals surface area contributed by atoms with Gasteiger partial charge in [-0.15, -0.1) is 0 Å². The Morgan fingerprint density at radius 1 is 0.600 bits per heavy atom. The molecule has 9 heteroatoms. The van der Waals surface area contributed by atoms with Gasteiger partial charge in [0.1, 0.15) is 13.1 Å². The smallest absolute Gasteiger partial charge is 0.327 e. The lowest BCUT2D eigenvalue weighted by molar-refractivity contribution is -0.127. The average molecular weight is 565 g/mol. The number of hydrogen-bond acceptors (Lipinski definition) is 5. The van der Waals surface area contributed by atoms with Crippen LogP contribution < -0.4 is 0 Å². The third kappa shape index (κ3) is 8.67. The zero-order chi connectivity index (χ0) is 29.8. The van der Waals surface area contributed by atoms with Gasteiger partial charge >= 0.3 is 12.1 Å². The summed E-state index contributed by atoms with van der Waals surface area (Å²) in [7, 11) is 0. The monoisotopic (exact) mass is 564 g/mol. The summed E-state index contributed by atoms with van der Waals surface area (Å²) < 4.78 is 5.96. The van der Waals surface area contributed by atoms with Crippen molar-refractivity contribution in [2.75, 3.05) is 52.5 Å². The molecule has 2 fully saturated rings. The Morgan fingerprint density at radius 3 is 1.50 bits per heavy atom. The molecule has 40 heavy (non-hydrogen) atoms. The largest absolute Gasteiger partial charge is 0.381 e. The zero-order valence-corrected chi connectivity index (χ0v) is 26.3. The van der Waals surface area contributed by atoms with Gasteiger partial charge in [-0.25, -0.2) is 9.59 Å². The Morgan fingerprint density at radius 2 is 1.05 bits per heavy atom. The van der Waals surface area contributed by atoms with E-state index in [9.17, 15) is 19.2 Å². The molecule has 2 rings (SSSR count). The first-order valence-corrected chi connectivity index (χ1v) is 15.9. The predicted octanol–water partition coefficient (Wildman–Crippen LogP) is 5.91. The molecule has 2 aliphatic heterocycles. The van der Waals surface area contributed by atoms with Gasteiger partial charge in [0.15, 0.2) is 0 Å². The zero-order valence-electron chi connectivity index (χ0n) is 26.3. The lowest BCUT2D eigenvalue weighted by Gasteiger charge is -2.35. The van der Waals surface area contributed by atoms with Gasteiger partial charge in [0.2, 0.25) is 11.8 Å². The molecule has 6 amide bonds. The van der Waals surface area contributed by atoms with E-state index in [0.717, 1.165) is 83.8 Å². The second-order valence-electron chi connectivity index (χ2n) is 11.8. The van der Waals surface area contributed by atoms with Crippen LogP contribution in [-0.2, 0) is 14.3 Å². The van der Waals surface area contributed by atoms with Gasteiger partial charge in [-0.1, -0.05) is 53.4 Å². The predicted molar refractivity (Wildman–Crippen MR) is 158 cm³/mol. The van der Waals surface area contributed by atoms with Gasteiger partial charge in [0, 0.05) is 39.4 Å². The van der Waals surface area contributed by atoms with Crippen molar-refractivity contribution in [1.29, 1.82) is 0 Å². The molecule has 0 spiro atoms. The average Bonchev–Trinajstić information content (AvgIpc) is 3.40. The van der Waals surface area contributed by atoms with E-state index in [1.54, 1.807) is 9.80 Å². The Balaban J connectivity index is 1.67. The number of imide groups is 2. The number of nitrogens with zero attached hydrogens (tertiary/aromatic N) is 4. The fourth-order valence-electron chi connectivity index (χ4n) is 6.24. The van der Waals surface area contributed by atoms with E-state index >= 15 is 0 Å². The molecular formula is C31H56N4O5. The van der Waals surface area contributed by atoms with Crippen molar-refractivity contribution in [1.82, 2.24) is 19.6 Å². The first-order valence-electron chi connectivity index (χ1n) is 15.9. The molecule has 9 nitrogen and oxygen atoms in total. The van der Waals surface area contributed by atoms with Gasteiger partial charge < -0.3 is 14.5 Å². The Bertz CT molecular complexity index is 840. The van der Waals surface area contributed by atoms with Crippen LogP contribution in [0.25, 0.3) is 0 Å². The molecular weight excluding hydrogens is 508 g/mol. The second-order valence-corrected chi connectivity index (χ2v) is 11.8. The first kappa shape index (κ1) is 34.0. The van der Waals surface area contributed by atoms with Crippen LogP contribution in [-0.4, -0.2) is 96.0 Å². The van der Waals surface area contributed by atoms with Crippen LogP contribution in [0.5, 0.6) is 0 Å². The van der Waals surface area contributed by atoms with Crippen molar-refractivity contribution in [2.45, 2.75) is 112 Å². The third-order valence-corrected chi connectivity index (χ3v) is 9.87. The second kappa shape index (κ2) is 16.3. The minimum atomic E-state index is -0.140. The maximum absolute atomic E-state index is 12.6. The molecule has 2 aliphatic rings. The highest BCUT2D eigenvalue weighted by molar-refractivity contribution is 6.02. The topological polar surface area (TPSA) is 90.5 Å². The fraction of sp³-hybridized carbons (Fsp3) is 0.871. The van der Waals surface area contributed by atoms with E-state index in [2.05, 4.69) is 27.7 Å². The van der Waals surface area contributed by atoms with E-state index in [-0.39, 0.29) is 47.8 Å². The molecule has 0 bridgehead atoms. The van der Waals surface area contributed by atoms with E-state index in [0.29, 0.717) is 26.2 Å². The fourth-order valence-corrected chi connectivity index (χ4v) is 6.24. The van der Waals surface area contributed by atoms with E-state index < -0.39 is 0 Å².